The number of aliphatic carboxylic acids is 1. The summed E-state index contributed by atoms with van der Waals surface area (Å²) >= 11 is 0. The van der Waals surface area contributed by atoms with Crippen molar-refractivity contribution >= 4 is 44.8 Å². The Morgan fingerprint density at radius 1 is 0.943 bits per heavy atom. The van der Waals surface area contributed by atoms with Crippen LogP contribution in [0, 0.1) is 0 Å². The third-order valence-corrected chi connectivity index (χ3v) is 7.87. The summed E-state index contributed by atoms with van der Waals surface area (Å²) < 4.78 is 29.0. The monoisotopic (exact) mass is 493 g/mol. The van der Waals surface area contributed by atoms with E-state index in [9.17, 15) is 18.3 Å². The van der Waals surface area contributed by atoms with Gasteiger partial charge in [-0.15, -0.1) is 0 Å². The summed E-state index contributed by atoms with van der Waals surface area (Å²) in [5.41, 5.74) is 3.26. The molecule has 4 rings (SSSR count). The predicted molar refractivity (Wildman–Crippen MR) is 141 cm³/mol. The van der Waals surface area contributed by atoms with Gasteiger partial charge in [-0.05, 0) is 46.5 Å². The Labute approximate surface area is 206 Å². The van der Waals surface area contributed by atoms with Crippen LogP contribution in [0.3, 0.4) is 0 Å². The Hall–Kier alpha value is -3.20. The number of piperazine rings is 1. The first kappa shape index (κ1) is 24.9. The average molecular weight is 494 g/mol. The van der Waals surface area contributed by atoms with Crippen molar-refractivity contribution < 1.29 is 18.3 Å². The molecule has 3 aromatic carbocycles. The second-order valence-electron chi connectivity index (χ2n) is 8.72. The smallest absolute Gasteiger partial charge is 0.321 e. The molecule has 1 aliphatic heterocycles. The van der Waals surface area contributed by atoms with Crippen molar-refractivity contribution in [3.05, 3.63) is 77.9 Å². The summed E-state index contributed by atoms with van der Waals surface area (Å²) in [6, 6.07) is 21.8. The lowest BCUT2D eigenvalue weighted by Crippen LogP contribution is -2.54. The normalized spacial score (nSPS) is 16.1. The highest BCUT2D eigenvalue weighted by Crippen LogP contribution is 2.21. The van der Waals surface area contributed by atoms with Gasteiger partial charge in [0.1, 0.15) is 6.04 Å². The molecule has 1 fully saturated rings. The van der Waals surface area contributed by atoms with E-state index >= 15 is 0 Å². The van der Waals surface area contributed by atoms with E-state index < -0.39 is 22.2 Å². The Bertz CT molecular complexity index is 1300. The highest BCUT2D eigenvalue weighted by Gasteiger charge is 2.31. The van der Waals surface area contributed by atoms with Crippen molar-refractivity contribution in [2.24, 2.45) is 0 Å². The molecule has 35 heavy (non-hydrogen) atoms. The van der Waals surface area contributed by atoms with Crippen molar-refractivity contribution in [3.8, 4) is 0 Å². The molecule has 1 atom stereocenters. The number of rotatable bonds is 9. The summed E-state index contributed by atoms with van der Waals surface area (Å²) in [7, 11) is -3.84. The zero-order chi connectivity index (χ0) is 24.8. The molecule has 0 saturated carbocycles. The number of nitrogens with one attached hydrogen (secondary N) is 1. The maximum atomic E-state index is 12.6. The van der Waals surface area contributed by atoms with Crippen LogP contribution in [0.15, 0.2) is 66.7 Å². The van der Waals surface area contributed by atoms with Gasteiger partial charge >= 0.3 is 5.97 Å². The minimum absolute atomic E-state index is 0.260. The largest absolute Gasteiger partial charge is 0.480 e. The van der Waals surface area contributed by atoms with Gasteiger partial charge in [-0.25, -0.2) is 0 Å². The molecule has 0 amide bonds. The Morgan fingerprint density at radius 2 is 1.57 bits per heavy atom. The molecule has 0 bridgehead atoms. The number of benzene rings is 3. The Morgan fingerprint density at radius 3 is 2.23 bits per heavy atom. The summed E-state index contributed by atoms with van der Waals surface area (Å²) in [6.45, 7) is 3.51. The van der Waals surface area contributed by atoms with Gasteiger partial charge in [-0.2, -0.15) is 17.4 Å². The van der Waals surface area contributed by atoms with E-state index in [0.29, 0.717) is 32.6 Å². The highest BCUT2D eigenvalue weighted by molar-refractivity contribution is 7.87. The zero-order valence-electron chi connectivity index (χ0n) is 19.8. The molecule has 0 aromatic heterocycles. The molecule has 3 aromatic rings. The SMILES string of the molecule is CCC[C@H](NS(=O)(=O)N1CCN(c2ccc(/C=C/c3ccc4ccccc4c3)cc2)CC1)C(=O)O. The lowest BCUT2D eigenvalue weighted by molar-refractivity contribution is -0.139. The van der Waals surface area contributed by atoms with E-state index in [1.54, 1.807) is 0 Å². The van der Waals surface area contributed by atoms with Gasteiger partial charge in [-0.1, -0.05) is 74.0 Å². The van der Waals surface area contributed by atoms with Gasteiger partial charge < -0.3 is 10.0 Å². The third-order valence-electron chi connectivity index (χ3n) is 6.25. The van der Waals surface area contributed by atoms with Crippen molar-refractivity contribution in [2.75, 3.05) is 31.1 Å². The standard InChI is InChI=1S/C27H31N3O4S/c1-2-5-26(27(31)32)28-35(33,34)30-18-16-29(17-19-30)25-14-11-21(12-15-25)8-9-22-10-13-23-6-3-4-7-24(23)20-22/h3-4,6-15,20,26,28H,2,5,16-19H2,1H3,(H,31,32)/b9-8+/t26-/m0/s1. The van der Waals surface area contributed by atoms with Crippen molar-refractivity contribution in [2.45, 2.75) is 25.8 Å². The fourth-order valence-corrected chi connectivity index (χ4v) is 5.63. The van der Waals surface area contributed by atoms with E-state index in [-0.39, 0.29) is 6.42 Å². The molecule has 1 heterocycles. The van der Waals surface area contributed by atoms with Crippen LogP contribution in [0.4, 0.5) is 5.69 Å². The quantitative estimate of drug-likeness (QED) is 0.436. The van der Waals surface area contributed by atoms with Crippen molar-refractivity contribution in [3.63, 3.8) is 0 Å². The van der Waals surface area contributed by atoms with Crippen LogP contribution in [-0.4, -0.2) is 56.0 Å². The molecule has 7 nitrogen and oxygen atoms in total. The topological polar surface area (TPSA) is 90.0 Å². The van der Waals surface area contributed by atoms with Crippen molar-refractivity contribution in [1.29, 1.82) is 0 Å². The minimum atomic E-state index is -3.84. The number of nitrogens with zero attached hydrogens (tertiary/aromatic N) is 2. The molecule has 0 aliphatic carbocycles. The number of hydrogen-bond acceptors (Lipinski definition) is 4. The van der Waals surface area contributed by atoms with Crippen LogP contribution in [0.1, 0.15) is 30.9 Å². The Balaban J connectivity index is 1.34. The van der Waals surface area contributed by atoms with Crippen LogP contribution in [-0.2, 0) is 15.0 Å². The molecule has 0 spiro atoms. The summed E-state index contributed by atoms with van der Waals surface area (Å²) in [5.74, 6) is -1.15. The van der Waals surface area contributed by atoms with Gasteiger partial charge in [0.2, 0.25) is 0 Å². The second kappa shape index (κ2) is 11.0. The molecule has 8 heteroatoms. The highest BCUT2D eigenvalue weighted by atomic mass is 32.2. The molecule has 2 N–H and O–H groups in total. The number of carboxylic acid groups (broad SMARTS) is 1. The number of fused-ring (bicyclic) bond motifs is 1. The van der Waals surface area contributed by atoms with E-state index in [4.69, 9.17) is 0 Å². The molecule has 184 valence electrons. The lowest BCUT2D eigenvalue weighted by atomic mass is 10.1. The first-order valence-corrected chi connectivity index (χ1v) is 13.3. The van der Waals surface area contributed by atoms with Gasteiger partial charge in [0, 0.05) is 31.9 Å². The van der Waals surface area contributed by atoms with E-state index in [1.807, 2.05) is 31.2 Å². The Kier molecular flexibility index (Phi) is 7.85. The van der Waals surface area contributed by atoms with E-state index in [1.165, 1.54) is 15.1 Å². The molecule has 1 aliphatic rings. The van der Waals surface area contributed by atoms with E-state index in [0.717, 1.165) is 16.8 Å². The van der Waals surface area contributed by atoms with Gasteiger partial charge in [0.25, 0.3) is 10.2 Å². The van der Waals surface area contributed by atoms with Crippen LogP contribution in [0.25, 0.3) is 22.9 Å². The number of anilines is 1. The molecule has 1 saturated heterocycles. The molecular formula is C27H31N3O4S. The fourth-order valence-electron chi connectivity index (χ4n) is 4.26. The zero-order valence-corrected chi connectivity index (χ0v) is 20.6. The predicted octanol–water partition coefficient (Wildman–Crippen LogP) is 4.22. The number of hydrogen-bond donors (Lipinski definition) is 2. The fraction of sp³-hybridized carbons (Fsp3) is 0.296. The molecule has 0 unspecified atom stereocenters. The molecule has 0 radical (unpaired) electrons. The first-order chi connectivity index (χ1) is 16.9. The van der Waals surface area contributed by atoms with Gasteiger partial charge in [0.05, 0.1) is 0 Å². The summed E-state index contributed by atoms with van der Waals surface area (Å²) in [5, 5.41) is 11.7. The third kappa shape index (κ3) is 6.28. The summed E-state index contributed by atoms with van der Waals surface area (Å²) in [4.78, 5) is 13.5. The van der Waals surface area contributed by atoms with Crippen molar-refractivity contribution in [1.82, 2.24) is 9.03 Å². The van der Waals surface area contributed by atoms with Crippen LogP contribution in [0.2, 0.25) is 0 Å². The minimum Gasteiger partial charge on any atom is -0.480 e. The van der Waals surface area contributed by atoms with Crippen LogP contribution >= 0.6 is 0 Å². The van der Waals surface area contributed by atoms with Crippen LogP contribution < -0.4 is 9.62 Å². The second-order valence-corrected chi connectivity index (χ2v) is 10.4. The average Bonchev–Trinajstić information content (AvgIpc) is 2.87. The lowest BCUT2D eigenvalue weighted by Gasteiger charge is -2.35. The summed E-state index contributed by atoms with van der Waals surface area (Å²) in [6.07, 6.45) is 5.02. The first-order valence-electron chi connectivity index (χ1n) is 11.9. The maximum Gasteiger partial charge on any atom is 0.321 e. The number of carboxylic acids is 1. The van der Waals surface area contributed by atoms with Gasteiger partial charge in [-0.3, -0.25) is 4.79 Å². The van der Waals surface area contributed by atoms with Crippen LogP contribution in [0.5, 0.6) is 0 Å². The van der Waals surface area contributed by atoms with Gasteiger partial charge in [0.15, 0.2) is 0 Å². The van der Waals surface area contributed by atoms with E-state index in [2.05, 4.69) is 64.2 Å². The number of carbonyl (C=O) groups is 1. The maximum absolute atomic E-state index is 12.6. The molecular weight excluding hydrogens is 462 g/mol.